The van der Waals surface area contributed by atoms with E-state index in [1.165, 1.54) is 4.70 Å². The molecule has 4 heteroatoms. The third-order valence-corrected chi connectivity index (χ3v) is 3.28. The Hall–Kier alpha value is -1.55. The van der Waals surface area contributed by atoms with Crippen LogP contribution in [0.1, 0.15) is 0 Å². The zero-order valence-electron chi connectivity index (χ0n) is 7.60. The minimum Gasteiger partial charge on any atom is -0.497 e. The molecule has 0 aliphatic heterocycles. The van der Waals surface area contributed by atoms with Crippen molar-refractivity contribution in [3.05, 3.63) is 30.6 Å². The molecule has 1 aromatic carbocycles. The normalized spacial score (nSPS) is 11.2. The summed E-state index contributed by atoms with van der Waals surface area (Å²) in [5.74, 6) is 0.880. The van der Waals surface area contributed by atoms with Gasteiger partial charge < -0.3 is 4.74 Å². The van der Waals surface area contributed by atoms with Crippen LogP contribution in [0.3, 0.4) is 0 Å². The highest BCUT2D eigenvalue weighted by Crippen LogP contribution is 2.28. The Morgan fingerprint density at radius 1 is 1.43 bits per heavy atom. The molecule has 0 saturated carbocycles. The van der Waals surface area contributed by atoms with E-state index in [0.717, 1.165) is 16.2 Å². The lowest BCUT2D eigenvalue weighted by atomic mass is 10.3. The van der Waals surface area contributed by atoms with Crippen LogP contribution in [0.25, 0.3) is 15.2 Å². The van der Waals surface area contributed by atoms with Crippen molar-refractivity contribution in [1.29, 1.82) is 0 Å². The number of methoxy groups -OCH3 is 1. The molecular formula is C10H8N2OS. The van der Waals surface area contributed by atoms with Crippen LogP contribution in [0.2, 0.25) is 0 Å². The minimum atomic E-state index is 0.880. The highest BCUT2D eigenvalue weighted by Gasteiger charge is 2.05. The van der Waals surface area contributed by atoms with Gasteiger partial charge in [-0.05, 0) is 12.1 Å². The van der Waals surface area contributed by atoms with Crippen LogP contribution in [-0.2, 0) is 0 Å². The molecule has 0 aliphatic carbocycles. The van der Waals surface area contributed by atoms with Crippen molar-refractivity contribution in [3.8, 4) is 5.75 Å². The predicted octanol–water partition coefficient (Wildman–Crippen LogP) is 2.56. The van der Waals surface area contributed by atoms with Crippen LogP contribution in [0, 0.1) is 0 Å². The first-order chi connectivity index (χ1) is 6.88. The van der Waals surface area contributed by atoms with Crippen LogP contribution in [0.5, 0.6) is 5.75 Å². The standard InChI is InChI=1S/C10H8N2OS/c1-13-7-2-3-9-8(6-7)12-5-4-11-10(12)14-9/h2-6H,1H3. The van der Waals surface area contributed by atoms with E-state index in [9.17, 15) is 0 Å². The number of benzene rings is 1. The second-order valence-electron chi connectivity index (χ2n) is 3.02. The first-order valence-corrected chi connectivity index (χ1v) is 5.10. The molecule has 3 nitrogen and oxygen atoms in total. The molecule has 0 atom stereocenters. The molecule has 3 rings (SSSR count). The van der Waals surface area contributed by atoms with E-state index in [2.05, 4.69) is 15.5 Å². The summed E-state index contributed by atoms with van der Waals surface area (Å²) in [4.78, 5) is 5.27. The molecule has 0 aliphatic rings. The number of nitrogens with zero attached hydrogens (tertiary/aromatic N) is 2. The molecular weight excluding hydrogens is 196 g/mol. The Balaban J connectivity index is 2.46. The lowest BCUT2D eigenvalue weighted by molar-refractivity contribution is 0.415. The number of hydrogen-bond donors (Lipinski definition) is 0. The summed E-state index contributed by atoms with van der Waals surface area (Å²) in [7, 11) is 1.68. The number of rotatable bonds is 1. The zero-order valence-corrected chi connectivity index (χ0v) is 8.41. The van der Waals surface area contributed by atoms with Crippen molar-refractivity contribution >= 4 is 26.5 Å². The van der Waals surface area contributed by atoms with Crippen LogP contribution in [0.4, 0.5) is 0 Å². The summed E-state index contributed by atoms with van der Waals surface area (Å²) in [6.07, 6.45) is 3.78. The van der Waals surface area contributed by atoms with E-state index in [1.807, 2.05) is 24.5 Å². The largest absolute Gasteiger partial charge is 0.497 e. The molecule has 0 amide bonds. The van der Waals surface area contributed by atoms with E-state index in [-0.39, 0.29) is 0 Å². The molecule has 0 unspecified atom stereocenters. The number of aromatic nitrogens is 2. The van der Waals surface area contributed by atoms with Gasteiger partial charge in [-0.15, -0.1) is 0 Å². The second kappa shape index (κ2) is 2.72. The van der Waals surface area contributed by atoms with Gasteiger partial charge in [-0.25, -0.2) is 4.98 Å². The Morgan fingerprint density at radius 2 is 2.36 bits per heavy atom. The summed E-state index contributed by atoms with van der Waals surface area (Å²) in [6, 6.07) is 6.06. The maximum absolute atomic E-state index is 5.19. The second-order valence-corrected chi connectivity index (χ2v) is 4.02. The molecule has 70 valence electrons. The zero-order chi connectivity index (χ0) is 9.54. The van der Waals surface area contributed by atoms with Crippen molar-refractivity contribution in [2.45, 2.75) is 0 Å². The van der Waals surface area contributed by atoms with Gasteiger partial charge in [0.2, 0.25) is 0 Å². The molecule has 0 N–H and O–H groups in total. The van der Waals surface area contributed by atoms with Gasteiger partial charge in [-0.2, -0.15) is 0 Å². The van der Waals surface area contributed by atoms with E-state index in [4.69, 9.17) is 4.74 Å². The predicted molar refractivity (Wildman–Crippen MR) is 57.1 cm³/mol. The Kier molecular flexibility index (Phi) is 1.52. The minimum absolute atomic E-state index is 0.880. The van der Waals surface area contributed by atoms with Gasteiger partial charge in [0.25, 0.3) is 0 Å². The van der Waals surface area contributed by atoms with E-state index < -0.39 is 0 Å². The monoisotopic (exact) mass is 204 g/mol. The SMILES string of the molecule is COc1ccc2sc3nccn3c2c1. The van der Waals surface area contributed by atoms with Crippen molar-refractivity contribution in [2.24, 2.45) is 0 Å². The quantitative estimate of drug-likeness (QED) is 0.609. The maximum Gasteiger partial charge on any atom is 0.194 e. The summed E-state index contributed by atoms with van der Waals surface area (Å²) in [6.45, 7) is 0. The van der Waals surface area contributed by atoms with E-state index in [1.54, 1.807) is 18.4 Å². The molecule has 0 bridgehead atoms. The van der Waals surface area contributed by atoms with Gasteiger partial charge >= 0.3 is 0 Å². The topological polar surface area (TPSA) is 26.5 Å². The van der Waals surface area contributed by atoms with Gasteiger partial charge in [0.05, 0.1) is 17.3 Å². The molecule has 3 aromatic rings. The van der Waals surface area contributed by atoms with Gasteiger partial charge in [0.15, 0.2) is 4.96 Å². The average Bonchev–Trinajstić information content (AvgIpc) is 2.76. The Bertz CT molecular complexity index is 596. The molecule has 0 fully saturated rings. The molecule has 2 aromatic heterocycles. The van der Waals surface area contributed by atoms with Gasteiger partial charge in [-0.1, -0.05) is 11.3 Å². The highest BCUT2D eigenvalue weighted by atomic mass is 32.1. The smallest absolute Gasteiger partial charge is 0.194 e. The summed E-state index contributed by atoms with van der Waals surface area (Å²) < 4.78 is 8.49. The molecule has 14 heavy (non-hydrogen) atoms. The number of hydrogen-bond acceptors (Lipinski definition) is 3. The van der Waals surface area contributed by atoms with E-state index in [0.29, 0.717) is 0 Å². The number of ether oxygens (including phenoxy) is 1. The van der Waals surface area contributed by atoms with Crippen LogP contribution >= 0.6 is 11.3 Å². The lowest BCUT2D eigenvalue weighted by Gasteiger charge is -1.98. The van der Waals surface area contributed by atoms with Crippen LogP contribution in [0.15, 0.2) is 30.6 Å². The molecule has 0 saturated heterocycles. The van der Waals surface area contributed by atoms with Gasteiger partial charge in [0.1, 0.15) is 5.75 Å². The fourth-order valence-electron chi connectivity index (χ4n) is 1.55. The number of fused-ring (bicyclic) bond motifs is 3. The van der Waals surface area contributed by atoms with Crippen LogP contribution < -0.4 is 4.74 Å². The van der Waals surface area contributed by atoms with Gasteiger partial charge in [0, 0.05) is 18.5 Å². The third-order valence-electron chi connectivity index (χ3n) is 2.23. The fourth-order valence-corrected chi connectivity index (χ4v) is 2.51. The highest BCUT2D eigenvalue weighted by molar-refractivity contribution is 7.23. The fraction of sp³-hybridized carbons (Fsp3) is 0.100. The van der Waals surface area contributed by atoms with E-state index >= 15 is 0 Å². The number of thiazole rings is 1. The lowest BCUT2D eigenvalue weighted by Crippen LogP contribution is -1.82. The van der Waals surface area contributed by atoms with Crippen molar-refractivity contribution in [1.82, 2.24) is 9.38 Å². The average molecular weight is 204 g/mol. The third kappa shape index (κ3) is 0.943. The molecule has 0 spiro atoms. The Morgan fingerprint density at radius 3 is 3.21 bits per heavy atom. The van der Waals surface area contributed by atoms with Crippen molar-refractivity contribution < 1.29 is 4.74 Å². The summed E-state index contributed by atoms with van der Waals surface area (Å²) in [5.41, 5.74) is 1.15. The first kappa shape index (κ1) is 7.82. The van der Waals surface area contributed by atoms with Gasteiger partial charge in [-0.3, -0.25) is 4.40 Å². The maximum atomic E-state index is 5.19. The first-order valence-electron chi connectivity index (χ1n) is 4.28. The van der Waals surface area contributed by atoms with Crippen molar-refractivity contribution in [3.63, 3.8) is 0 Å². The summed E-state index contributed by atoms with van der Waals surface area (Å²) >= 11 is 1.68. The van der Waals surface area contributed by atoms with Crippen LogP contribution in [-0.4, -0.2) is 16.5 Å². The molecule has 2 heterocycles. The molecule has 0 radical (unpaired) electrons. The number of imidazole rings is 1. The Labute approximate surface area is 84.6 Å². The summed E-state index contributed by atoms with van der Waals surface area (Å²) in [5, 5.41) is 0. The van der Waals surface area contributed by atoms with Crippen molar-refractivity contribution in [2.75, 3.05) is 7.11 Å².